The molecule has 0 aromatic carbocycles. The van der Waals surface area contributed by atoms with Crippen LogP contribution in [-0.4, -0.2) is 17.4 Å². The number of aromatic nitrogens is 1. The van der Waals surface area contributed by atoms with Crippen LogP contribution in [0.2, 0.25) is 0 Å². The van der Waals surface area contributed by atoms with E-state index in [4.69, 9.17) is 5.73 Å². The van der Waals surface area contributed by atoms with E-state index in [0.29, 0.717) is 6.07 Å². The summed E-state index contributed by atoms with van der Waals surface area (Å²) in [6, 6.07) is 0.325. The second-order valence-corrected chi connectivity index (χ2v) is 2.41. The predicted octanol–water partition coefficient (Wildman–Crippen LogP) is 0.396. The van der Waals surface area contributed by atoms with Crippen molar-refractivity contribution >= 4 is 11.7 Å². The number of carbonyl (C=O) groups is 1. The zero-order valence-electron chi connectivity index (χ0n) is 6.85. The Morgan fingerprint density at radius 1 is 1.43 bits per heavy atom. The van der Waals surface area contributed by atoms with Crippen molar-refractivity contribution in [3.8, 4) is 0 Å². The van der Waals surface area contributed by atoms with E-state index in [9.17, 15) is 18.0 Å². The summed E-state index contributed by atoms with van der Waals surface area (Å²) < 4.78 is 37.6. The summed E-state index contributed by atoms with van der Waals surface area (Å²) in [4.78, 5) is 13.2. The van der Waals surface area contributed by atoms with Gasteiger partial charge in [-0.25, -0.2) is 8.78 Å². The van der Waals surface area contributed by atoms with Gasteiger partial charge in [-0.3, -0.25) is 4.79 Å². The molecule has 0 unspecified atom stereocenters. The lowest BCUT2D eigenvalue weighted by Crippen LogP contribution is -2.23. The molecule has 0 aliphatic rings. The molecule has 0 radical (unpaired) electrons. The maximum atomic E-state index is 12.8. The van der Waals surface area contributed by atoms with Gasteiger partial charge in [0.1, 0.15) is 0 Å². The van der Waals surface area contributed by atoms with E-state index >= 15 is 0 Å². The molecule has 0 saturated heterocycles. The van der Waals surface area contributed by atoms with Crippen LogP contribution in [0.3, 0.4) is 0 Å². The number of nitrogens with one attached hydrogen (secondary N) is 1. The van der Waals surface area contributed by atoms with Crippen LogP contribution in [0.15, 0.2) is 6.07 Å². The lowest BCUT2D eigenvalue weighted by atomic mass is 10.4. The van der Waals surface area contributed by atoms with Crippen molar-refractivity contribution in [2.24, 2.45) is 5.73 Å². The van der Waals surface area contributed by atoms with Crippen LogP contribution in [0, 0.1) is 17.6 Å². The average Bonchev–Trinajstić information content (AvgIpc) is 2.09. The zero-order chi connectivity index (χ0) is 10.7. The molecule has 14 heavy (non-hydrogen) atoms. The number of pyridine rings is 1. The van der Waals surface area contributed by atoms with Crippen molar-refractivity contribution in [2.75, 3.05) is 11.9 Å². The molecular formula is C7H6F3N3O. The molecule has 3 N–H and O–H groups in total. The van der Waals surface area contributed by atoms with Gasteiger partial charge in [-0.05, 0) is 0 Å². The minimum atomic E-state index is -1.45. The molecule has 4 nitrogen and oxygen atoms in total. The number of nitrogens with zero attached hydrogens (tertiary/aromatic N) is 1. The van der Waals surface area contributed by atoms with Crippen LogP contribution in [0.1, 0.15) is 0 Å². The molecular weight excluding hydrogens is 199 g/mol. The van der Waals surface area contributed by atoms with Gasteiger partial charge in [-0.1, -0.05) is 0 Å². The Morgan fingerprint density at radius 2 is 2.07 bits per heavy atom. The fourth-order valence-corrected chi connectivity index (χ4v) is 0.739. The highest BCUT2D eigenvalue weighted by molar-refractivity contribution is 5.78. The van der Waals surface area contributed by atoms with Crippen molar-refractivity contribution in [1.29, 1.82) is 0 Å². The number of halogens is 3. The van der Waals surface area contributed by atoms with Crippen LogP contribution in [-0.2, 0) is 4.79 Å². The number of carbonyl (C=O) groups excluding carboxylic acids is 1. The third-order valence-electron chi connectivity index (χ3n) is 1.32. The topological polar surface area (TPSA) is 68.0 Å². The molecule has 0 saturated carbocycles. The van der Waals surface area contributed by atoms with Gasteiger partial charge in [0.2, 0.25) is 5.91 Å². The zero-order valence-corrected chi connectivity index (χ0v) is 6.85. The number of amides is 1. The number of hydrogen-bond acceptors (Lipinski definition) is 3. The van der Waals surface area contributed by atoms with Crippen molar-refractivity contribution in [2.45, 2.75) is 0 Å². The maximum Gasteiger partial charge on any atom is 0.251 e. The summed E-state index contributed by atoms with van der Waals surface area (Å²) >= 11 is 0. The van der Waals surface area contributed by atoms with Gasteiger partial charge < -0.3 is 11.1 Å². The predicted molar refractivity (Wildman–Crippen MR) is 41.8 cm³/mol. The molecule has 0 aliphatic carbocycles. The Kier molecular flexibility index (Phi) is 2.90. The number of nitrogens with two attached hydrogens (primary N) is 1. The van der Waals surface area contributed by atoms with E-state index in [1.165, 1.54) is 0 Å². The van der Waals surface area contributed by atoms with E-state index in [0.717, 1.165) is 0 Å². The van der Waals surface area contributed by atoms with Gasteiger partial charge in [0.25, 0.3) is 5.95 Å². The second-order valence-electron chi connectivity index (χ2n) is 2.41. The summed E-state index contributed by atoms with van der Waals surface area (Å²) in [5.41, 5.74) is 4.74. The second kappa shape index (κ2) is 3.95. The Balaban J connectivity index is 2.87. The highest BCUT2D eigenvalue weighted by Crippen LogP contribution is 2.13. The smallest absolute Gasteiger partial charge is 0.251 e. The summed E-state index contributed by atoms with van der Waals surface area (Å²) in [5, 5.41) is 2.11. The van der Waals surface area contributed by atoms with Crippen molar-refractivity contribution in [3.63, 3.8) is 0 Å². The molecule has 0 aliphatic heterocycles. The molecule has 0 atom stereocenters. The van der Waals surface area contributed by atoms with Crippen molar-refractivity contribution < 1.29 is 18.0 Å². The summed E-state index contributed by atoms with van der Waals surface area (Å²) in [7, 11) is 0. The first-order chi connectivity index (χ1) is 6.50. The van der Waals surface area contributed by atoms with Gasteiger partial charge in [0, 0.05) is 6.07 Å². The monoisotopic (exact) mass is 205 g/mol. The minimum absolute atomic E-state index is 0.325. The molecule has 1 aromatic rings. The quantitative estimate of drug-likeness (QED) is 0.701. The van der Waals surface area contributed by atoms with E-state index in [-0.39, 0.29) is 0 Å². The number of hydrogen-bond donors (Lipinski definition) is 2. The van der Waals surface area contributed by atoms with Crippen LogP contribution in [0.5, 0.6) is 0 Å². The van der Waals surface area contributed by atoms with E-state index in [1.807, 2.05) is 0 Å². The third kappa shape index (κ3) is 2.35. The van der Waals surface area contributed by atoms with Crippen molar-refractivity contribution in [3.05, 3.63) is 23.6 Å². The normalized spacial score (nSPS) is 9.93. The summed E-state index contributed by atoms with van der Waals surface area (Å²) in [6.45, 7) is -0.408. The minimum Gasteiger partial charge on any atom is -0.368 e. The molecule has 1 heterocycles. The van der Waals surface area contributed by atoms with Gasteiger partial charge in [-0.15, -0.1) is 0 Å². The largest absolute Gasteiger partial charge is 0.368 e. The van der Waals surface area contributed by atoms with Crippen LogP contribution in [0.25, 0.3) is 0 Å². The summed E-state index contributed by atoms with van der Waals surface area (Å²) in [5.74, 6) is -5.26. The number of anilines is 1. The van der Waals surface area contributed by atoms with Crippen LogP contribution in [0.4, 0.5) is 19.0 Å². The van der Waals surface area contributed by atoms with Crippen LogP contribution < -0.4 is 11.1 Å². The molecule has 0 bridgehead atoms. The van der Waals surface area contributed by atoms with Crippen molar-refractivity contribution in [1.82, 2.24) is 4.98 Å². The molecule has 76 valence electrons. The Hall–Kier alpha value is -1.79. The highest BCUT2D eigenvalue weighted by Gasteiger charge is 2.11. The van der Waals surface area contributed by atoms with Gasteiger partial charge in [-0.2, -0.15) is 9.37 Å². The first-order valence-electron chi connectivity index (χ1n) is 3.54. The Morgan fingerprint density at radius 3 is 2.64 bits per heavy atom. The molecule has 7 heteroatoms. The fraction of sp³-hybridized carbons (Fsp3) is 0.143. The first kappa shape index (κ1) is 10.3. The standard InChI is InChI=1S/C7H6F3N3O/c8-3-1-4(9)7(13-6(3)10)12-2-5(11)14/h1H,2H2,(H2,11,14)(H,12,13). The lowest BCUT2D eigenvalue weighted by Gasteiger charge is -2.04. The third-order valence-corrected chi connectivity index (χ3v) is 1.32. The van der Waals surface area contributed by atoms with E-state index in [2.05, 4.69) is 10.3 Å². The molecule has 1 rings (SSSR count). The van der Waals surface area contributed by atoms with E-state index < -0.39 is 35.9 Å². The number of rotatable bonds is 3. The molecule has 1 amide bonds. The SMILES string of the molecule is NC(=O)CNc1nc(F)c(F)cc1F. The molecule has 0 spiro atoms. The average molecular weight is 205 g/mol. The highest BCUT2D eigenvalue weighted by atomic mass is 19.2. The van der Waals surface area contributed by atoms with E-state index in [1.54, 1.807) is 0 Å². The number of primary amides is 1. The van der Waals surface area contributed by atoms with Crippen LogP contribution >= 0.6 is 0 Å². The van der Waals surface area contributed by atoms with Gasteiger partial charge in [0.15, 0.2) is 17.5 Å². The first-order valence-corrected chi connectivity index (χ1v) is 3.54. The maximum absolute atomic E-state index is 12.8. The fourth-order valence-electron chi connectivity index (χ4n) is 0.739. The van der Waals surface area contributed by atoms with Gasteiger partial charge in [0.05, 0.1) is 6.54 Å². The summed E-state index contributed by atoms with van der Waals surface area (Å²) in [6.07, 6.45) is 0. The molecule has 1 aromatic heterocycles. The Labute approximate surface area is 76.9 Å². The van der Waals surface area contributed by atoms with Gasteiger partial charge >= 0.3 is 0 Å². The lowest BCUT2D eigenvalue weighted by molar-refractivity contribution is -0.116. The molecule has 0 fully saturated rings. The Bertz CT molecular complexity index is 369.